The van der Waals surface area contributed by atoms with Crippen molar-refractivity contribution in [1.29, 1.82) is 0 Å². The van der Waals surface area contributed by atoms with Crippen molar-refractivity contribution < 1.29 is 5.11 Å². The van der Waals surface area contributed by atoms with Gasteiger partial charge in [0, 0.05) is 12.4 Å². The molecule has 14 heavy (non-hydrogen) atoms. The molecule has 0 bridgehead atoms. The van der Waals surface area contributed by atoms with Gasteiger partial charge in [-0.25, -0.2) is 0 Å². The first-order chi connectivity index (χ1) is 6.75. The standard InChI is InChI=1S/C9H11N3OS/c1-7(13)8-2-3-12(5-8)6-9-4-10-14-11-9/h2-5,7,13H,6H2,1H3. The lowest BCUT2D eigenvalue weighted by Gasteiger charge is -2.00. The number of nitrogens with zero attached hydrogens (tertiary/aromatic N) is 3. The van der Waals surface area contributed by atoms with Crippen LogP contribution in [0.5, 0.6) is 0 Å². The van der Waals surface area contributed by atoms with Crippen molar-refractivity contribution in [3.8, 4) is 0 Å². The van der Waals surface area contributed by atoms with Gasteiger partial charge < -0.3 is 9.67 Å². The Bertz CT molecular complexity index is 394. The Morgan fingerprint density at radius 1 is 1.64 bits per heavy atom. The second kappa shape index (κ2) is 3.89. The molecule has 2 heterocycles. The maximum atomic E-state index is 9.32. The maximum absolute atomic E-state index is 9.32. The molecule has 0 aliphatic rings. The highest BCUT2D eigenvalue weighted by Crippen LogP contribution is 2.12. The SMILES string of the molecule is CC(O)c1ccn(Cc2cnsn2)c1. The first kappa shape index (κ1) is 9.36. The highest BCUT2D eigenvalue weighted by molar-refractivity contribution is 6.99. The summed E-state index contributed by atoms with van der Waals surface area (Å²) in [6.07, 6.45) is 5.20. The van der Waals surface area contributed by atoms with E-state index in [2.05, 4.69) is 8.75 Å². The van der Waals surface area contributed by atoms with E-state index >= 15 is 0 Å². The van der Waals surface area contributed by atoms with E-state index in [9.17, 15) is 5.11 Å². The smallest absolute Gasteiger partial charge is 0.0939 e. The summed E-state index contributed by atoms with van der Waals surface area (Å²) in [6.45, 7) is 2.47. The quantitative estimate of drug-likeness (QED) is 0.832. The number of hydrogen-bond donors (Lipinski definition) is 1. The van der Waals surface area contributed by atoms with Gasteiger partial charge in [0.2, 0.25) is 0 Å². The van der Waals surface area contributed by atoms with Crippen molar-refractivity contribution in [2.24, 2.45) is 0 Å². The summed E-state index contributed by atoms with van der Waals surface area (Å²) >= 11 is 1.21. The van der Waals surface area contributed by atoms with Crippen molar-refractivity contribution in [2.75, 3.05) is 0 Å². The lowest BCUT2D eigenvalue weighted by molar-refractivity contribution is 0.199. The topological polar surface area (TPSA) is 50.9 Å². The highest BCUT2D eigenvalue weighted by Gasteiger charge is 2.03. The Kier molecular flexibility index (Phi) is 2.60. The van der Waals surface area contributed by atoms with Gasteiger partial charge in [0.25, 0.3) is 0 Å². The monoisotopic (exact) mass is 209 g/mol. The molecule has 2 aromatic rings. The van der Waals surface area contributed by atoms with Gasteiger partial charge in [0.15, 0.2) is 0 Å². The molecule has 1 unspecified atom stereocenters. The predicted octanol–water partition coefficient (Wildman–Crippen LogP) is 1.44. The predicted molar refractivity (Wildman–Crippen MR) is 54.1 cm³/mol. The van der Waals surface area contributed by atoms with Crippen LogP contribution in [0.15, 0.2) is 24.7 Å². The van der Waals surface area contributed by atoms with Crippen LogP contribution < -0.4 is 0 Å². The molecule has 0 fully saturated rings. The number of hydrogen-bond acceptors (Lipinski definition) is 4. The van der Waals surface area contributed by atoms with Gasteiger partial charge in [-0.15, -0.1) is 0 Å². The molecule has 0 amide bonds. The van der Waals surface area contributed by atoms with Crippen LogP contribution >= 0.6 is 11.7 Å². The largest absolute Gasteiger partial charge is 0.389 e. The van der Waals surface area contributed by atoms with Crippen molar-refractivity contribution in [1.82, 2.24) is 13.3 Å². The van der Waals surface area contributed by atoms with E-state index in [4.69, 9.17) is 0 Å². The molecule has 0 spiro atoms. The van der Waals surface area contributed by atoms with Gasteiger partial charge in [-0.1, -0.05) is 0 Å². The van der Waals surface area contributed by atoms with Crippen LogP contribution in [0.25, 0.3) is 0 Å². The second-order valence-corrected chi connectivity index (χ2v) is 3.75. The van der Waals surface area contributed by atoms with Gasteiger partial charge in [-0.05, 0) is 18.6 Å². The molecule has 5 heteroatoms. The Morgan fingerprint density at radius 3 is 3.07 bits per heavy atom. The van der Waals surface area contributed by atoms with Gasteiger partial charge in [-0.2, -0.15) is 8.75 Å². The zero-order chi connectivity index (χ0) is 9.97. The van der Waals surface area contributed by atoms with Crippen LogP contribution in [0.3, 0.4) is 0 Å². The van der Waals surface area contributed by atoms with Crippen LogP contribution in [-0.4, -0.2) is 18.4 Å². The number of aliphatic hydroxyl groups excluding tert-OH is 1. The molecular formula is C9H11N3OS. The fourth-order valence-corrected chi connectivity index (χ4v) is 1.67. The summed E-state index contributed by atoms with van der Waals surface area (Å²) in [4.78, 5) is 0. The fourth-order valence-electron chi connectivity index (χ4n) is 1.25. The third kappa shape index (κ3) is 2.00. The molecule has 2 rings (SSSR count). The lowest BCUT2D eigenvalue weighted by atomic mass is 10.2. The average Bonchev–Trinajstić information content (AvgIpc) is 2.75. The summed E-state index contributed by atoms with van der Waals surface area (Å²) in [5.74, 6) is 0. The minimum atomic E-state index is -0.412. The van der Waals surface area contributed by atoms with E-state index in [0.29, 0.717) is 6.54 Å². The summed E-state index contributed by atoms with van der Waals surface area (Å²) in [5, 5.41) is 9.32. The molecule has 1 atom stereocenters. The molecule has 0 aliphatic heterocycles. The van der Waals surface area contributed by atoms with Gasteiger partial charge in [0.05, 0.1) is 36.3 Å². The lowest BCUT2D eigenvalue weighted by Crippen LogP contribution is -1.96. The molecule has 0 aliphatic carbocycles. The molecule has 2 aromatic heterocycles. The second-order valence-electron chi connectivity index (χ2n) is 3.19. The number of aromatic nitrogens is 3. The average molecular weight is 209 g/mol. The zero-order valence-electron chi connectivity index (χ0n) is 7.79. The molecule has 74 valence electrons. The summed E-state index contributed by atoms with van der Waals surface area (Å²) in [5.41, 5.74) is 1.87. The minimum Gasteiger partial charge on any atom is -0.389 e. The molecule has 0 saturated carbocycles. The van der Waals surface area contributed by atoms with Crippen LogP contribution in [0.1, 0.15) is 24.3 Å². The normalized spacial score (nSPS) is 13.0. The molecule has 4 nitrogen and oxygen atoms in total. The highest BCUT2D eigenvalue weighted by atomic mass is 32.1. The van der Waals surface area contributed by atoms with E-state index in [-0.39, 0.29) is 0 Å². The number of aliphatic hydroxyl groups is 1. The summed E-state index contributed by atoms with van der Waals surface area (Å²) in [7, 11) is 0. The van der Waals surface area contributed by atoms with Crippen LogP contribution in [0, 0.1) is 0 Å². The molecule has 1 N–H and O–H groups in total. The van der Waals surface area contributed by atoms with Crippen LogP contribution in [0.2, 0.25) is 0 Å². The van der Waals surface area contributed by atoms with E-state index in [0.717, 1.165) is 11.3 Å². The molecular weight excluding hydrogens is 198 g/mol. The van der Waals surface area contributed by atoms with E-state index < -0.39 is 6.10 Å². The Labute approximate surface area is 86.2 Å². The minimum absolute atomic E-state index is 0.412. The van der Waals surface area contributed by atoms with Crippen molar-refractivity contribution in [3.05, 3.63) is 35.9 Å². The molecule has 0 aromatic carbocycles. The van der Waals surface area contributed by atoms with Crippen molar-refractivity contribution in [3.63, 3.8) is 0 Å². The Morgan fingerprint density at radius 2 is 2.50 bits per heavy atom. The fraction of sp³-hybridized carbons (Fsp3) is 0.333. The zero-order valence-corrected chi connectivity index (χ0v) is 8.61. The first-order valence-corrected chi connectivity index (χ1v) is 5.09. The van der Waals surface area contributed by atoms with E-state index in [1.165, 1.54) is 11.7 Å². The van der Waals surface area contributed by atoms with Gasteiger partial charge >= 0.3 is 0 Å². The molecule has 0 radical (unpaired) electrons. The summed E-state index contributed by atoms with van der Waals surface area (Å²) in [6, 6.07) is 1.91. The van der Waals surface area contributed by atoms with Gasteiger partial charge in [-0.3, -0.25) is 0 Å². The third-order valence-corrected chi connectivity index (χ3v) is 2.52. The molecule has 0 saturated heterocycles. The van der Waals surface area contributed by atoms with Crippen LogP contribution in [-0.2, 0) is 6.54 Å². The van der Waals surface area contributed by atoms with Gasteiger partial charge in [0.1, 0.15) is 0 Å². The van der Waals surface area contributed by atoms with E-state index in [1.54, 1.807) is 13.1 Å². The maximum Gasteiger partial charge on any atom is 0.0939 e. The van der Waals surface area contributed by atoms with E-state index in [1.807, 2.05) is 23.0 Å². The third-order valence-electron chi connectivity index (χ3n) is 2.01. The summed E-state index contributed by atoms with van der Waals surface area (Å²) < 4.78 is 10.0. The van der Waals surface area contributed by atoms with Crippen molar-refractivity contribution >= 4 is 11.7 Å². The Hall–Kier alpha value is -1.20. The van der Waals surface area contributed by atoms with Crippen LogP contribution in [0.4, 0.5) is 0 Å². The first-order valence-electron chi connectivity index (χ1n) is 4.36. The Balaban J connectivity index is 2.11. The number of rotatable bonds is 3. The van der Waals surface area contributed by atoms with Crippen molar-refractivity contribution in [2.45, 2.75) is 19.6 Å².